The van der Waals surface area contributed by atoms with Crippen LogP contribution in [0.1, 0.15) is 130 Å². The molecule has 0 spiro atoms. The van der Waals surface area contributed by atoms with Crippen LogP contribution >= 0.6 is 7.26 Å². The molecule has 6 heteroatoms. The van der Waals surface area contributed by atoms with Crippen molar-refractivity contribution in [3.63, 3.8) is 0 Å². The second-order valence-electron chi connectivity index (χ2n) is 13.6. The molecule has 246 valence electrons. The molecule has 2 aromatic carbocycles. The first-order valence-electron chi connectivity index (χ1n) is 17.5. The number of rotatable bonds is 16. The van der Waals surface area contributed by atoms with Crippen LogP contribution in [0.5, 0.6) is 11.5 Å². The van der Waals surface area contributed by atoms with Gasteiger partial charge in [-0.3, -0.25) is 4.79 Å². The second kappa shape index (κ2) is 18.5. The lowest BCUT2D eigenvalue weighted by molar-refractivity contribution is -0.137. The largest absolute Gasteiger partial charge is 1.00 e. The summed E-state index contributed by atoms with van der Waals surface area (Å²) in [5, 5.41) is 10.7. The van der Waals surface area contributed by atoms with Gasteiger partial charge in [-0.2, -0.15) is 0 Å². The Balaban J connectivity index is 0.00000529. The van der Waals surface area contributed by atoms with Crippen LogP contribution in [0.2, 0.25) is 0 Å². The van der Waals surface area contributed by atoms with Gasteiger partial charge in [-0.05, 0) is 117 Å². The lowest BCUT2D eigenvalue weighted by Gasteiger charge is -2.44. The van der Waals surface area contributed by atoms with Crippen molar-refractivity contribution in [3.8, 4) is 22.6 Å². The molecule has 0 aliphatic heterocycles. The van der Waals surface area contributed by atoms with E-state index in [0.29, 0.717) is 6.42 Å². The van der Waals surface area contributed by atoms with Gasteiger partial charge in [0.05, 0.1) is 42.5 Å². The zero-order valence-electron chi connectivity index (χ0n) is 27.9. The summed E-state index contributed by atoms with van der Waals surface area (Å²) in [6.45, 7) is 8.46. The van der Waals surface area contributed by atoms with Gasteiger partial charge in [0, 0.05) is 12.0 Å². The van der Waals surface area contributed by atoms with Crippen LogP contribution in [-0.4, -0.2) is 40.8 Å². The fourth-order valence-corrected chi connectivity index (χ4v) is 14.6. The van der Waals surface area contributed by atoms with E-state index in [1.165, 1.54) is 88.8 Å². The summed E-state index contributed by atoms with van der Waals surface area (Å²) in [5.41, 5.74) is 4.08. The number of hydrogen-bond acceptors (Lipinski definition) is 3. The summed E-state index contributed by atoms with van der Waals surface area (Å²) in [6, 6.07) is 15.8. The van der Waals surface area contributed by atoms with Crippen molar-refractivity contribution in [1.82, 2.24) is 0 Å². The Morgan fingerprint density at radius 1 is 0.727 bits per heavy atom. The molecule has 0 radical (unpaired) electrons. The minimum absolute atomic E-state index is 0. The van der Waals surface area contributed by atoms with Gasteiger partial charge in [0.1, 0.15) is 16.8 Å². The van der Waals surface area contributed by atoms with E-state index in [2.05, 4.69) is 70.2 Å². The smallest absolute Gasteiger partial charge is 0.303 e. The first kappa shape index (κ1) is 36.9. The predicted octanol–water partition coefficient (Wildman–Crippen LogP) is 7.67. The highest BCUT2D eigenvalue weighted by atomic mass is 79.9. The van der Waals surface area contributed by atoms with E-state index >= 15 is 0 Å². The molecule has 0 unspecified atom stereocenters. The van der Waals surface area contributed by atoms with Crippen LogP contribution in [0.3, 0.4) is 0 Å². The van der Waals surface area contributed by atoms with Gasteiger partial charge in [-0.15, -0.1) is 0 Å². The van der Waals surface area contributed by atoms with Gasteiger partial charge in [0.15, 0.2) is 0 Å². The van der Waals surface area contributed by atoms with E-state index in [0.717, 1.165) is 47.6 Å². The Bertz CT molecular complexity index is 1090. The molecule has 4 rings (SSSR count). The van der Waals surface area contributed by atoms with E-state index in [4.69, 9.17) is 14.6 Å². The fourth-order valence-electron chi connectivity index (χ4n) is 7.97. The molecule has 0 saturated heterocycles. The van der Waals surface area contributed by atoms with Crippen LogP contribution in [0.25, 0.3) is 11.1 Å². The van der Waals surface area contributed by atoms with E-state index in [9.17, 15) is 4.79 Å². The zero-order valence-corrected chi connectivity index (χ0v) is 30.3. The highest BCUT2D eigenvalue weighted by Crippen LogP contribution is 2.72. The number of benzene rings is 2. The minimum atomic E-state index is -1.59. The molecule has 0 aromatic heterocycles. The average Bonchev–Trinajstić information content (AvgIpc) is 2.99. The van der Waals surface area contributed by atoms with Gasteiger partial charge in [0.25, 0.3) is 0 Å². The predicted molar refractivity (Wildman–Crippen MR) is 184 cm³/mol. The topological polar surface area (TPSA) is 55.8 Å². The standard InChI is InChI=1S/C38H57O4P.BrH/c1-29(2)41-34-24-18-25-35(42-30(3)4)38(34)33-23-15-16-26-36(33)43(31-19-10-8-11-20-31,32-21-12-9-13-22-32)28-17-7-5-6-14-27-37(39)40;/h15-16,18,23-26,29-32H,5-14,17,19-22,27-28H2,1-4H3;1H. The van der Waals surface area contributed by atoms with Crippen molar-refractivity contribution in [2.24, 2.45) is 0 Å². The maximum Gasteiger partial charge on any atom is 0.303 e. The molecule has 0 bridgehead atoms. The Labute approximate surface area is 279 Å². The minimum Gasteiger partial charge on any atom is -1.00 e. The molecule has 0 atom stereocenters. The van der Waals surface area contributed by atoms with E-state index in [-0.39, 0.29) is 29.2 Å². The number of hydrogen-bond donors (Lipinski definition) is 1. The molecule has 2 saturated carbocycles. The molecule has 0 heterocycles. The lowest BCUT2D eigenvalue weighted by Crippen LogP contribution is -3.00. The molecule has 44 heavy (non-hydrogen) atoms. The number of ether oxygens (including phenoxy) is 2. The summed E-state index contributed by atoms with van der Waals surface area (Å²) in [7, 11) is -1.59. The lowest BCUT2D eigenvalue weighted by atomic mass is 9.99. The van der Waals surface area contributed by atoms with Gasteiger partial charge < -0.3 is 31.6 Å². The number of aliphatic carboxylic acids is 1. The summed E-state index contributed by atoms with van der Waals surface area (Å²) >= 11 is 0. The van der Waals surface area contributed by atoms with E-state index in [1.54, 1.807) is 5.30 Å². The number of unbranched alkanes of at least 4 members (excludes halogenated alkanes) is 4. The number of carboxylic acid groups (broad SMARTS) is 1. The molecule has 2 aliphatic rings. The highest BCUT2D eigenvalue weighted by molar-refractivity contribution is 7.84. The number of carbonyl (C=O) groups is 1. The van der Waals surface area contributed by atoms with Gasteiger partial charge >= 0.3 is 5.97 Å². The van der Waals surface area contributed by atoms with Crippen molar-refractivity contribution in [2.75, 3.05) is 6.16 Å². The normalized spacial score (nSPS) is 16.6. The van der Waals surface area contributed by atoms with Crippen molar-refractivity contribution >= 4 is 18.5 Å². The maximum absolute atomic E-state index is 11.0. The molecule has 2 aliphatic carbocycles. The Kier molecular flexibility index (Phi) is 15.5. The van der Waals surface area contributed by atoms with Crippen molar-refractivity contribution < 1.29 is 36.4 Å². The van der Waals surface area contributed by atoms with Crippen LogP contribution < -0.4 is 31.8 Å². The quantitative estimate of drug-likeness (QED) is 0.145. The average molecular weight is 690 g/mol. The molecule has 0 amide bonds. The third-order valence-corrected chi connectivity index (χ3v) is 15.7. The van der Waals surface area contributed by atoms with Crippen LogP contribution in [0.4, 0.5) is 0 Å². The molecule has 2 fully saturated rings. The molecule has 1 N–H and O–H groups in total. The maximum atomic E-state index is 11.0. The monoisotopic (exact) mass is 688 g/mol. The third-order valence-electron chi connectivity index (χ3n) is 9.71. The second-order valence-corrected chi connectivity index (χ2v) is 17.9. The summed E-state index contributed by atoms with van der Waals surface area (Å²) in [4.78, 5) is 11.0. The van der Waals surface area contributed by atoms with Gasteiger partial charge in [-0.1, -0.05) is 49.9 Å². The van der Waals surface area contributed by atoms with Crippen molar-refractivity contribution in [2.45, 2.75) is 154 Å². The van der Waals surface area contributed by atoms with Crippen LogP contribution in [0, 0.1) is 0 Å². The summed E-state index contributed by atoms with van der Waals surface area (Å²) < 4.78 is 13.0. The van der Waals surface area contributed by atoms with Crippen molar-refractivity contribution in [1.29, 1.82) is 0 Å². The molecular weight excluding hydrogens is 631 g/mol. The van der Waals surface area contributed by atoms with Crippen molar-refractivity contribution in [3.05, 3.63) is 42.5 Å². The summed E-state index contributed by atoms with van der Waals surface area (Å²) in [6.07, 6.45) is 20.9. The third kappa shape index (κ3) is 9.71. The van der Waals surface area contributed by atoms with Crippen LogP contribution in [0.15, 0.2) is 42.5 Å². The SMILES string of the molecule is CC(C)Oc1cccc(OC(C)C)c1-c1ccccc1[P+](CCCCCCCC(=O)O)(C1CCCCC1)C1CCCCC1.[Br-]. The van der Waals surface area contributed by atoms with Gasteiger partial charge in [-0.25, -0.2) is 0 Å². The van der Waals surface area contributed by atoms with E-state index in [1.807, 2.05) is 0 Å². The Morgan fingerprint density at radius 2 is 1.23 bits per heavy atom. The first-order valence-corrected chi connectivity index (χ1v) is 19.6. The number of carboxylic acids is 1. The Morgan fingerprint density at radius 3 is 1.75 bits per heavy atom. The number of halogens is 1. The Hall–Kier alpha value is -1.58. The van der Waals surface area contributed by atoms with E-state index < -0.39 is 13.2 Å². The molecule has 2 aromatic rings. The zero-order chi connectivity index (χ0) is 30.7. The van der Waals surface area contributed by atoms with Crippen LogP contribution in [-0.2, 0) is 4.79 Å². The van der Waals surface area contributed by atoms with Gasteiger partial charge in [0.2, 0.25) is 0 Å². The first-order chi connectivity index (χ1) is 20.8. The summed E-state index contributed by atoms with van der Waals surface area (Å²) in [5.74, 6) is 1.20. The highest BCUT2D eigenvalue weighted by Gasteiger charge is 2.54. The fraction of sp³-hybridized carbons (Fsp3) is 0.658. The molecule has 4 nitrogen and oxygen atoms in total. The molecular formula is C38H58BrO4P.